The third-order valence-corrected chi connectivity index (χ3v) is 6.47. The van der Waals surface area contributed by atoms with Gasteiger partial charge in [-0.3, -0.25) is 9.69 Å². The number of ether oxygens (including phenoxy) is 1. The highest BCUT2D eigenvalue weighted by atomic mass is 35.5. The molecule has 3 rings (SSSR count). The third kappa shape index (κ3) is 5.72. The Morgan fingerprint density at radius 1 is 1.28 bits per heavy atom. The molecule has 29 heavy (non-hydrogen) atoms. The number of nitrogens with zero attached hydrogens (tertiary/aromatic N) is 2. The fourth-order valence-corrected chi connectivity index (χ4v) is 4.34. The summed E-state index contributed by atoms with van der Waals surface area (Å²) >= 11 is 7.72. The van der Waals surface area contributed by atoms with Crippen molar-refractivity contribution in [2.24, 2.45) is 0 Å². The summed E-state index contributed by atoms with van der Waals surface area (Å²) in [5, 5.41) is 13.1. The van der Waals surface area contributed by atoms with Crippen LogP contribution in [-0.4, -0.2) is 66.2 Å². The number of halogens is 1. The van der Waals surface area contributed by atoms with E-state index in [9.17, 15) is 9.90 Å². The van der Waals surface area contributed by atoms with Gasteiger partial charge in [0.05, 0.1) is 4.88 Å². The van der Waals surface area contributed by atoms with Gasteiger partial charge in [0, 0.05) is 37.7 Å². The molecule has 5 nitrogen and oxygen atoms in total. The standard InChI is InChI=1S/C22H29ClN2O3S/c1-15(2)18-12-19(23)16(3)11-20(18)28-14-17(26)13-24-6-8-25(9-7-24)22(27)21-5-4-10-29-21/h4-5,10-12,15,17,26H,6-9,13-14H2,1-3H3/t17-/m0/s1. The minimum atomic E-state index is -0.592. The number of rotatable bonds is 7. The smallest absolute Gasteiger partial charge is 0.264 e. The van der Waals surface area contributed by atoms with Gasteiger partial charge in [-0.1, -0.05) is 31.5 Å². The Morgan fingerprint density at radius 3 is 2.62 bits per heavy atom. The lowest BCUT2D eigenvalue weighted by Crippen LogP contribution is -2.50. The third-order valence-electron chi connectivity index (χ3n) is 5.20. The van der Waals surface area contributed by atoms with Gasteiger partial charge in [-0.05, 0) is 47.5 Å². The van der Waals surface area contributed by atoms with Gasteiger partial charge < -0.3 is 14.7 Å². The van der Waals surface area contributed by atoms with Gasteiger partial charge in [-0.2, -0.15) is 0 Å². The minimum absolute atomic E-state index is 0.0999. The van der Waals surface area contributed by atoms with Gasteiger partial charge in [0.1, 0.15) is 18.5 Å². The molecule has 0 bridgehead atoms. The molecule has 1 aliphatic heterocycles. The summed E-state index contributed by atoms with van der Waals surface area (Å²) in [6.07, 6.45) is -0.592. The molecule has 1 saturated heterocycles. The zero-order chi connectivity index (χ0) is 21.0. The van der Waals surface area contributed by atoms with Crippen LogP contribution < -0.4 is 4.74 Å². The van der Waals surface area contributed by atoms with E-state index in [1.807, 2.05) is 41.5 Å². The van der Waals surface area contributed by atoms with Crippen LogP contribution in [0.15, 0.2) is 29.6 Å². The van der Waals surface area contributed by atoms with Crippen LogP contribution in [0.3, 0.4) is 0 Å². The Balaban J connectivity index is 1.48. The van der Waals surface area contributed by atoms with Gasteiger partial charge in [-0.25, -0.2) is 0 Å². The van der Waals surface area contributed by atoms with Crippen molar-refractivity contribution in [2.45, 2.75) is 32.8 Å². The highest BCUT2D eigenvalue weighted by Crippen LogP contribution is 2.32. The molecule has 0 saturated carbocycles. The first-order valence-corrected chi connectivity index (χ1v) is 11.3. The summed E-state index contributed by atoms with van der Waals surface area (Å²) in [5.41, 5.74) is 2.01. The maximum absolute atomic E-state index is 12.4. The number of thiophene rings is 1. The first kappa shape index (κ1) is 22.1. The van der Waals surface area contributed by atoms with Crippen LogP contribution in [-0.2, 0) is 0 Å². The molecule has 2 heterocycles. The average Bonchev–Trinajstić information content (AvgIpc) is 3.23. The highest BCUT2D eigenvalue weighted by molar-refractivity contribution is 7.12. The normalized spacial score (nSPS) is 16.3. The van der Waals surface area contributed by atoms with E-state index in [2.05, 4.69) is 18.7 Å². The second kappa shape index (κ2) is 9.94. The molecule has 1 aromatic carbocycles. The number of aliphatic hydroxyl groups excluding tert-OH is 1. The van der Waals surface area contributed by atoms with Gasteiger partial charge in [0.25, 0.3) is 5.91 Å². The van der Waals surface area contributed by atoms with E-state index in [1.54, 1.807) is 0 Å². The van der Waals surface area contributed by atoms with Crippen LogP contribution in [0.4, 0.5) is 0 Å². The van der Waals surface area contributed by atoms with E-state index in [1.165, 1.54) is 11.3 Å². The molecule has 1 amide bonds. The van der Waals surface area contributed by atoms with Crippen LogP contribution in [0.1, 0.15) is 40.6 Å². The van der Waals surface area contributed by atoms with Crippen molar-refractivity contribution < 1.29 is 14.6 Å². The van der Waals surface area contributed by atoms with Gasteiger partial charge in [-0.15, -0.1) is 11.3 Å². The maximum atomic E-state index is 12.4. The fourth-order valence-electron chi connectivity index (χ4n) is 3.47. The first-order chi connectivity index (χ1) is 13.8. The number of carbonyl (C=O) groups is 1. The molecule has 1 N–H and O–H groups in total. The molecule has 0 spiro atoms. The van der Waals surface area contributed by atoms with Gasteiger partial charge in [0.2, 0.25) is 0 Å². The number of hydrogen-bond acceptors (Lipinski definition) is 5. The van der Waals surface area contributed by atoms with Crippen LogP contribution in [0.2, 0.25) is 5.02 Å². The van der Waals surface area contributed by atoms with Crippen molar-refractivity contribution in [3.8, 4) is 5.75 Å². The summed E-state index contributed by atoms with van der Waals surface area (Å²) in [5.74, 6) is 1.17. The van der Waals surface area contributed by atoms with Crippen LogP contribution >= 0.6 is 22.9 Å². The molecule has 7 heteroatoms. The second-order valence-electron chi connectivity index (χ2n) is 7.83. The van der Waals surface area contributed by atoms with E-state index >= 15 is 0 Å². The molecule has 158 valence electrons. The van der Waals surface area contributed by atoms with E-state index in [0.29, 0.717) is 19.6 Å². The number of piperazine rings is 1. The van der Waals surface area contributed by atoms with Crippen molar-refractivity contribution in [2.75, 3.05) is 39.3 Å². The number of aliphatic hydroxyl groups is 1. The van der Waals surface area contributed by atoms with Gasteiger partial charge >= 0.3 is 0 Å². The molecule has 1 aromatic heterocycles. The maximum Gasteiger partial charge on any atom is 0.264 e. The molecular weight excluding hydrogens is 408 g/mol. The molecule has 0 unspecified atom stereocenters. The number of hydrogen-bond donors (Lipinski definition) is 1. The lowest BCUT2D eigenvalue weighted by Gasteiger charge is -2.35. The van der Waals surface area contributed by atoms with Crippen molar-refractivity contribution in [3.05, 3.63) is 50.7 Å². The molecule has 2 aromatic rings. The van der Waals surface area contributed by atoms with Crippen molar-refractivity contribution in [1.82, 2.24) is 9.80 Å². The van der Waals surface area contributed by atoms with Crippen molar-refractivity contribution in [1.29, 1.82) is 0 Å². The molecule has 1 aliphatic rings. The Kier molecular flexibility index (Phi) is 7.57. The lowest BCUT2D eigenvalue weighted by atomic mass is 10.0. The predicted molar refractivity (Wildman–Crippen MR) is 118 cm³/mol. The summed E-state index contributed by atoms with van der Waals surface area (Å²) in [4.78, 5) is 17.3. The quantitative estimate of drug-likeness (QED) is 0.711. The topological polar surface area (TPSA) is 53.0 Å². The second-order valence-corrected chi connectivity index (χ2v) is 9.18. The van der Waals surface area contributed by atoms with E-state index in [4.69, 9.17) is 16.3 Å². The van der Waals surface area contributed by atoms with Crippen LogP contribution in [0, 0.1) is 6.92 Å². The minimum Gasteiger partial charge on any atom is -0.491 e. The SMILES string of the molecule is Cc1cc(OC[C@@H](O)CN2CCN(C(=O)c3cccs3)CC2)c(C(C)C)cc1Cl. The van der Waals surface area contributed by atoms with Gasteiger partial charge in [0.15, 0.2) is 0 Å². The first-order valence-electron chi connectivity index (χ1n) is 10.0. The number of β-amino-alcohol motifs (C(OH)–C–C–N with tert-alkyl or cyclic N) is 1. The average molecular weight is 437 g/mol. The summed E-state index contributed by atoms with van der Waals surface area (Å²) in [7, 11) is 0. The Labute approximate surface area is 181 Å². The Bertz CT molecular complexity index is 818. The van der Waals surface area contributed by atoms with Crippen LogP contribution in [0.25, 0.3) is 0 Å². The molecule has 1 fully saturated rings. The Hall–Kier alpha value is -1.60. The summed E-state index contributed by atoms with van der Waals surface area (Å²) in [6, 6.07) is 7.66. The highest BCUT2D eigenvalue weighted by Gasteiger charge is 2.24. The lowest BCUT2D eigenvalue weighted by molar-refractivity contribution is 0.0404. The summed E-state index contributed by atoms with van der Waals surface area (Å²) < 4.78 is 5.95. The van der Waals surface area contributed by atoms with E-state index in [0.717, 1.165) is 39.9 Å². The number of amides is 1. The molecule has 1 atom stereocenters. The zero-order valence-corrected chi connectivity index (χ0v) is 18.8. The zero-order valence-electron chi connectivity index (χ0n) is 17.2. The van der Waals surface area contributed by atoms with E-state index < -0.39 is 6.10 Å². The predicted octanol–water partition coefficient (Wildman–Crippen LogP) is 4.03. The Morgan fingerprint density at radius 2 is 2.00 bits per heavy atom. The fraction of sp³-hybridized carbons (Fsp3) is 0.500. The monoisotopic (exact) mass is 436 g/mol. The van der Waals surface area contributed by atoms with E-state index in [-0.39, 0.29) is 18.4 Å². The van der Waals surface area contributed by atoms with Crippen molar-refractivity contribution >= 4 is 28.8 Å². The van der Waals surface area contributed by atoms with Crippen molar-refractivity contribution in [3.63, 3.8) is 0 Å². The molecule has 0 radical (unpaired) electrons. The number of benzene rings is 1. The molecular formula is C22H29ClN2O3S. The molecule has 0 aliphatic carbocycles. The largest absolute Gasteiger partial charge is 0.491 e. The van der Waals surface area contributed by atoms with Crippen LogP contribution in [0.5, 0.6) is 5.75 Å². The number of aryl methyl sites for hydroxylation is 1. The number of carbonyl (C=O) groups excluding carboxylic acids is 1. The summed E-state index contributed by atoms with van der Waals surface area (Å²) in [6.45, 7) is 9.78.